The number of hydrazine groups is 1. The average Bonchev–Trinajstić information content (AvgIpc) is 3.82. The van der Waals surface area contributed by atoms with Gasteiger partial charge in [0.25, 0.3) is 5.91 Å². The highest BCUT2D eigenvalue weighted by molar-refractivity contribution is 7.92. The minimum Gasteiger partial charge on any atom is -0.481 e. The molecule has 2 spiro atoms. The average molecular weight is 549 g/mol. The number of hydrogen-bond acceptors (Lipinski definition) is 9. The molecule has 5 rings (SSSR count). The number of carbonyl (C=O) groups excluding carboxylic acids is 1. The van der Waals surface area contributed by atoms with Crippen molar-refractivity contribution in [2.45, 2.75) is 50.0 Å². The van der Waals surface area contributed by atoms with Gasteiger partial charge in [-0.3, -0.25) is 20.6 Å². The van der Waals surface area contributed by atoms with Crippen molar-refractivity contribution in [2.75, 3.05) is 20.0 Å². The number of pyridine rings is 1. The number of halogens is 1. The van der Waals surface area contributed by atoms with Gasteiger partial charge in [0.2, 0.25) is 5.88 Å². The van der Waals surface area contributed by atoms with E-state index in [4.69, 9.17) is 26.1 Å². The highest BCUT2D eigenvalue weighted by Gasteiger charge is 2.87. The van der Waals surface area contributed by atoms with E-state index in [1.165, 1.54) is 32.7 Å². The van der Waals surface area contributed by atoms with Gasteiger partial charge < -0.3 is 9.47 Å². The molecular formula is C24H29ClN6O5S. The predicted octanol–water partition coefficient (Wildman–Crippen LogP) is 2.30. The second-order valence-corrected chi connectivity index (χ2v) is 12.7. The Morgan fingerprint density at radius 1 is 1.16 bits per heavy atom. The number of amidine groups is 1. The first-order chi connectivity index (χ1) is 17.7. The molecule has 3 fully saturated rings. The van der Waals surface area contributed by atoms with Crippen LogP contribution in [0.4, 0.5) is 0 Å². The number of aromatic nitrogens is 3. The molecule has 0 aliphatic heterocycles. The maximum Gasteiger partial charge on any atom is 0.288 e. The first-order valence-corrected chi connectivity index (χ1v) is 14.1. The Labute approximate surface area is 220 Å². The molecule has 2 aromatic rings. The Kier molecular flexibility index (Phi) is 6.61. The summed E-state index contributed by atoms with van der Waals surface area (Å²) in [6.45, 7) is 1.54. The van der Waals surface area contributed by atoms with Crippen LogP contribution < -0.4 is 15.6 Å². The van der Waals surface area contributed by atoms with Gasteiger partial charge in [-0.1, -0.05) is 17.7 Å². The molecule has 2 heterocycles. The summed E-state index contributed by atoms with van der Waals surface area (Å²) in [5.41, 5.74) is 5.86. The summed E-state index contributed by atoms with van der Waals surface area (Å²) in [6.07, 6.45) is 6.31. The third-order valence-corrected chi connectivity index (χ3v) is 10.0. The minimum atomic E-state index is -3.82. The normalized spacial score (nSPS) is 20.8. The van der Waals surface area contributed by atoms with E-state index in [0.29, 0.717) is 5.02 Å². The van der Waals surface area contributed by atoms with Crippen LogP contribution in [0.3, 0.4) is 0 Å². The summed E-state index contributed by atoms with van der Waals surface area (Å²) in [5, 5.41) is -0.660. The van der Waals surface area contributed by atoms with Crippen LogP contribution in [0.5, 0.6) is 5.88 Å². The Balaban J connectivity index is 1.35. The van der Waals surface area contributed by atoms with Gasteiger partial charge in [-0.25, -0.2) is 23.4 Å². The van der Waals surface area contributed by atoms with Crippen molar-refractivity contribution in [1.82, 2.24) is 25.8 Å². The molecule has 2 N–H and O–H groups in total. The monoisotopic (exact) mass is 548 g/mol. The molecule has 11 nitrogen and oxygen atoms in total. The predicted molar refractivity (Wildman–Crippen MR) is 136 cm³/mol. The smallest absolute Gasteiger partial charge is 0.288 e. The molecule has 37 heavy (non-hydrogen) atoms. The Bertz CT molecular complexity index is 1310. The van der Waals surface area contributed by atoms with E-state index in [1.54, 1.807) is 19.1 Å². The zero-order chi connectivity index (χ0) is 26.4. The lowest BCUT2D eigenvalue weighted by Crippen LogP contribution is -2.46. The minimum absolute atomic E-state index is 0.0673. The van der Waals surface area contributed by atoms with E-state index in [-0.39, 0.29) is 40.1 Å². The number of methoxy groups -OCH3 is 2. The lowest BCUT2D eigenvalue weighted by molar-refractivity contribution is 0.0936. The van der Waals surface area contributed by atoms with Crippen LogP contribution in [-0.2, 0) is 14.6 Å². The maximum atomic E-state index is 13.5. The number of nitrogens with zero attached hydrogens (tertiary/aromatic N) is 4. The molecule has 198 valence electrons. The van der Waals surface area contributed by atoms with Gasteiger partial charge in [-0.15, -0.1) is 0 Å². The molecule has 2 aromatic heterocycles. The van der Waals surface area contributed by atoms with Crippen molar-refractivity contribution in [3.8, 4) is 5.88 Å². The summed E-state index contributed by atoms with van der Waals surface area (Å²) in [5.74, 6) is -0.287. The lowest BCUT2D eigenvalue weighted by Gasteiger charge is -2.22. The highest BCUT2D eigenvalue weighted by Crippen LogP contribution is 2.89. The molecule has 0 radical (unpaired) electrons. The van der Waals surface area contributed by atoms with Crippen molar-refractivity contribution in [3.05, 3.63) is 47.1 Å². The molecule has 0 aromatic carbocycles. The van der Waals surface area contributed by atoms with Gasteiger partial charge in [-0.2, -0.15) is 0 Å². The Hall–Kier alpha value is -2.83. The fourth-order valence-corrected chi connectivity index (χ4v) is 6.87. The van der Waals surface area contributed by atoms with E-state index in [1.807, 2.05) is 0 Å². The number of sulfone groups is 1. The van der Waals surface area contributed by atoms with Crippen molar-refractivity contribution < 1.29 is 22.7 Å². The van der Waals surface area contributed by atoms with Crippen molar-refractivity contribution >= 4 is 33.2 Å². The molecule has 3 saturated carbocycles. The van der Waals surface area contributed by atoms with Crippen molar-refractivity contribution in [1.29, 1.82) is 0 Å². The van der Waals surface area contributed by atoms with Crippen LogP contribution in [0.25, 0.3) is 0 Å². The van der Waals surface area contributed by atoms with E-state index >= 15 is 0 Å². The molecule has 3 aliphatic rings. The zero-order valence-corrected chi connectivity index (χ0v) is 22.3. The third-order valence-electron chi connectivity index (χ3n) is 7.78. The summed E-state index contributed by atoms with van der Waals surface area (Å²) in [6, 6.07) is 4.87. The molecule has 2 atom stereocenters. The summed E-state index contributed by atoms with van der Waals surface area (Å²) < 4.78 is 37.6. The van der Waals surface area contributed by atoms with Crippen LogP contribution in [-0.4, -0.2) is 66.4 Å². The number of aliphatic imine (C=N–C) groups is 1. The van der Waals surface area contributed by atoms with Gasteiger partial charge >= 0.3 is 0 Å². The van der Waals surface area contributed by atoms with Crippen LogP contribution in [0.2, 0.25) is 5.02 Å². The number of ether oxygens (including phenoxy) is 2. The topological polar surface area (TPSA) is 145 Å². The van der Waals surface area contributed by atoms with Gasteiger partial charge in [-0.05, 0) is 38.7 Å². The number of carbonyl (C=O) groups is 1. The second kappa shape index (κ2) is 9.48. The summed E-state index contributed by atoms with van der Waals surface area (Å²) in [7, 11) is -0.961. The number of amides is 1. The van der Waals surface area contributed by atoms with Crippen LogP contribution in [0.15, 0.2) is 35.6 Å². The van der Waals surface area contributed by atoms with Gasteiger partial charge in [0.15, 0.2) is 15.7 Å². The van der Waals surface area contributed by atoms with Gasteiger partial charge in [0.05, 0.1) is 23.4 Å². The molecule has 3 aliphatic carbocycles. The number of rotatable bonds is 9. The lowest BCUT2D eigenvalue weighted by atomic mass is 10.2. The second-order valence-electron chi connectivity index (χ2n) is 9.86. The van der Waals surface area contributed by atoms with Crippen LogP contribution in [0, 0.1) is 10.8 Å². The summed E-state index contributed by atoms with van der Waals surface area (Å²) >= 11 is 5.88. The zero-order valence-electron chi connectivity index (χ0n) is 20.8. The third kappa shape index (κ3) is 4.77. The summed E-state index contributed by atoms with van der Waals surface area (Å²) in [4.78, 5) is 29.9. The number of nitrogens with one attached hydrogen (secondary N) is 2. The molecule has 0 saturated heterocycles. The van der Waals surface area contributed by atoms with E-state index in [9.17, 15) is 13.2 Å². The van der Waals surface area contributed by atoms with Crippen LogP contribution in [0.1, 0.15) is 55.0 Å². The maximum absolute atomic E-state index is 13.5. The SMILES string of the molecule is COc1cccc(C(=O)NNC(CS(=O)(=O)[C@@H](C)[C@H](OC)c2ncc(Cl)cn2)=NC2C3(CC3)C23CC3)n1. The number of fused-ring (bicyclic) bond motifs is 1. The Morgan fingerprint density at radius 2 is 1.81 bits per heavy atom. The molecule has 0 bridgehead atoms. The largest absolute Gasteiger partial charge is 0.481 e. The molecule has 1 amide bonds. The Morgan fingerprint density at radius 3 is 2.38 bits per heavy atom. The standard InChI is InChI=1S/C24H29ClN6O5S/c1-14(19(36-3)20-26-11-15(25)12-27-20)37(33,34)13-17(29-22-23(7-8-23)24(22)9-10-24)30-31-21(32)16-5-4-6-18(28-16)35-2/h4-6,11-12,14,19,22H,7-10,13H2,1-3H3,(H,29,30)(H,31,32)/t14-,19-/m0/s1. The van der Waals surface area contributed by atoms with Crippen molar-refractivity contribution in [3.63, 3.8) is 0 Å². The first-order valence-electron chi connectivity index (χ1n) is 12.0. The van der Waals surface area contributed by atoms with E-state index < -0.39 is 32.9 Å². The molecule has 0 unspecified atom stereocenters. The van der Waals surface area contributed by atoms with Gasteiger partial charge in [0.1, 0.15) is 23.4 Å². The van der Waals surface area contributed by atoms with E-state index in [0.717, 1.165) is 25.7 Å². The molecule has 13 heteroatoms. The fraction of sp³-hybridized carbons (Fsp3) is 0.542. The highest BCUT2D eigenvalue weighted by atomic mass is 35.5. The quantitative estimate of drug-likeness (QED) is 0.274. The molecular weight excluding hydrogens is 520 g/mol. The van der Waals surface area contributed by atoms with Crippen LogP contribution >= 0.6 is 11.6 Å². The van der Waals surface area contributed by atoms with Crippen molar-refractivity contribution in [2.24, 2.45) is 15.8 Å². The first kappa shape index (κ1) is 25.8. The fourth-order valence-electron chi connectivity index (χ4n) is 5.37. The van der Waals surface area contributed by atoms with E-state index in [2.05, 4.69) is 25.8 Å². The van der Waals surface area contributed by atoms with Gasteiger partial charge in [0, 0.05) is 36.4 Å². The number of hydrogen-bond donors (Lipinski definition) is 2.